The van der Waals surface area contributed by atoms with Crippen LogP contribution in [0.5, 0.6) is 0 Å². The van der Waals surface area contributed by atoms with Crippen LogP contribution in [0, 0.1) is 5.92 Å². The van der Waals surface area contributed by atoms with Crippen LogP contribution in [0.2, 0.25) is 0 Å². The maximum absolute atomic E-state index is 12.2. The van der Waals surface area contributed by atoms with Gasteiger partial charge < -0.3 is 10.1 Å². The number of carbonyl (C=O) groups excluding carboxylic acids is 3. The van der Waals surface area contributed by atoms with E-state index in [1.165, 1.54) is 34.6 Å². The number of carbonyl (C=O) groups is 3. The van der Waals surface area contributed by atoms with Crippen molar-refractivity contribution in [2.45, 2.75) is 70.8 Å². The molecular weight excluding hydrogens is 364 g/mol. The van der Waals surface area contributed by atoms with Crippen molar-refractivity contribution in [3.8, 4) is 0 Å². The molecule has 27 heavy (non-hydrogen) atoms. The smallest absolute Gasteiger partial charge is 0.348 e. The summed E-state index contributed by atoms with van der Waals surface area (Å²) in [7, 11) is 0. The van der Waals surface area contributed by atoms with E-state index in [9.17, 15) is 14.4 Å². The van der Waals surface area contributed by atoms with Crippen LogP contribution in [-0.4, -0.2) is 30.6 Å². The summed E-state index contributed by atoms with van der Waals surface area (Å²) < 4.78 is 5.09. The van der Waals surface area contributed by atoms with E-state index < -0.39 is 24.5 Å². The number of fused-ring (bicyclic) bond motifs is 1. The van der Waals surface area contributed by atoms with Gasteiger partial charge in [-0.3, -0.25) is 10.1 Å². The number of imide groups is 1. The van der Waals surface area contributed by atoms with Gasteiger partial charge in [0.1, 0.15) is 4.88 Å². The van der Waals surface area contributed by atoms with Gasteiger partial charge in [0.15, 0.2) is 6.61 Å². The first-order valence-electron chi connectivity index (χ1n) is 9.92. The number of thiophene rings is 1. The molecular formula is C20H28N2O4S. The number of hydrogen-bond donors (Lipinski definition) is 2. The number of urea groups is 1. The van der Waals surface area contributed by atoms with Crippen molar-refractivity contribution < 1.29 is 19.1 Å². The summed E-state index contributed by atoms with van der Waals surface area (Å²) in [6.07, 6.45) is 9.82. The molecule has 1 aromatic heterocycles. The van der Waals surface area contributed by atoms with Crippen molar-refractivity contribution in [3.05, 3.63) is 21.4 Å². The molecule has 2 aliphatic carbocycles. The highest BCUT2D eigenvalue weighted by atomic mass is 32.1. The molecule has 2 aliphatic rings. The highest BCUT2D eigenvalue weighted by molar-refractivity contribution is 7.14. The lowest BCUT2D eigenvalue weighted by Gasteiger charge is -2.29. The zero-order chi connectivity index (χ0) is 19.2. The number of amides is 3. The van der Waals surface area contributed by atoms with Gasteiger partial charge in [0.25, 0.3) is 5.91 Å². The minimum Gasteiger partial charge on any atom is -0.451 e. The molecule has 0 aromatic carbocycles. The van der Waals surface area contributed by atoms with Crippen molar-refractivity contribution in [1.82, 2.24) is 10.6 Å². The fourth-order valence-electron chi connectivity index (χ4n) is 3.87. The molecule has 3 amide bonds. The standard InChI is InChI=1S/C20H28N2O4S/c1-13-7-5-6-9-15(13)21-20(25)22-18(23)12-26-19(24)17-11-14-8-3-2-4-10-16(14)27-17/h11,13,15H,2-10,12H2,1H3,(H2,21,22,23,25). The second-order valence-electron chi connectivity index (χ2n) is 7.59. The third-order valence-electron chi connectivity index (χ3n) is 5.46. The average Bonchev–Trinajstić information content (AvgIpc) is 2.92. The van der Waals surface area contributed by atoms with Gasteiger partial charge in [-0.05, 0) is 56.1 Å². The lowest BCUT2D eigenvalue weighted by Crippen LogP contribution is -2.48. The Labute approximate surface area is 164 Å². The van der Waals surface area contributed by atoms with Crippen LogP contribution >= 0.6 is 11.3 Å². The minimum atomic E-state index is -0.609. The largest absolute Gasteiger partial charge is 0.451 e. The maximum atomic E-state index is 12.2. The Balaban J connectivity index is 1.43. The van der Waals surface area contributed by atoms with Gasteiger partial charge in [-0.2, -0.15) is 0 Å². The van der Waals surface area contributed by atoms with Crippen LogP contribution < -0.4 is 10.6 Å². The first-order chi connectivity index (χ1) is 13.0. The summed E-state index contributed by atoms with van der Waals surface area (Å²) in [6.45, 7) is 1.66. The zero-order valence-corrected chi connectivity index (χ0v) is 16.7. The van der Waals surface area contributed by atoms with Crippen LogP contribution in [0.15, 0.2) is 6.07 Å². The first kappa shape index (κ1) is 19.9. The Morgan fingerprint density at radius 2 is 1.89 bits per heavy atom. The molecule has 1 heterocycles. The normalized spacial score (nSPS) is 22.3. The number of rotatable bonds is 4. The number of hydrogen-bond acceptors (Lipinski definition) is 5. The van der Waals surface area contributed by atoms with E-state index >= 15 is 0 Å². The van der Waals surface area contributed by atoms with E-state index in [1.807, 2.05) is 6.07 Å². The summed E-state index contributed by atoms with van der Waals surface area (Å²) in [5.41, 5.74) is 1.23. The molecule has 6 nitrogen and oxygen atoms in total. The van der Waals surface area contributed by atoms with Crippen molar-refractivity contribution >= 4 is 29.2 Å². The van der Waals surface area contributed by atoms with Gasteiger partial charge in [0.2, 0.25) is 0 Å². The van der Waals surface area contributed by atoms with Crippen LogP contribution in [0.4, 0.5) is 4.79 Å². The lowest BCUT2D eigenvalue weighted by atomic mass is 9.86. The van der Waals surface area contributed by atoms with Crippen LogP contribution in [-0.2, 0) is 22.4 Å². The molecule has 2 N–H and O–H groups in total. The number of esters is 1. The van der Waals surface area contributed by atoms with Gasteiger partial charge in [0.05, 0.1) is 0 Å². The van der Waals surface area contributed by atoms with E-state index in [0.29, 0.717) is 10.8 Å². The van der Waals surface area contributed by atoms with Crippen molar-refractivity contribution in [1.29, 1.82) is 0 Å². The molecule has 0 spiro atoms. The molecule has 1 fully saturated rings. The third-order valence-corrected chi connectivity index (χ3v) is 6.68. The summed E-state index contributed by atoms with van der Waals surface area (Å²) in [5.74, 6) is -0.696. The van der Waals surface area contributed by atoms with Gasteiger partial charge >= 0.3 is 12.0 Å². The summed E-state index contributed by atoms with van der Waals surface area (Å²) in [4.78, 5) is 37.9. The van der Waals surface area contributed by atoms with Gasteiger partial charge in [-0.1, -0.05) is 26.2 Å². The predicted octanol–water partition coefficient (Wildman–Crippen LogP) is 3.58. The Morgan fingerprint density at radius 1 is 1.11 bits per heavy atom. The van der Waals surface area contributed by atoms with Gasteiger partial charge in [-0.15, -0.1) is 11.3 Å². The van der Waals surface area contributed by atoms with E-state index in [1.54, 1.807) is 0 Å². The van der Waals surface area contributed by atoms with Crippen molar-refractivity contribution in [3.63, 3.8) is 0 Å². The minimum absolute atomic E-state index is 0.0932. The van der Waals surface area contributed by atoms with E-state index in [4.69, 9.17) is 4.74 Å². The molecule has 0 aliphatic heterocycles. The monoisotopic (exact) mass is 392 g/mol. The van der Waals surface area contributed by atoms with Crippen LogP contribution in [0.3, 0.4) is 0 Å². The number of aryl methyl sites for hydroxylation is 2. The van der Waals surface area contributed by atoms with Crippen LogP contribution in [0.1, 0.15) is 72.0 Å². The van der Waals surface area contributed by atoms with Gasteiger partial charge in [-0.25, -0.2) is 9.59 Å². The highest BCUT2D eigenvalue weighted by Gasteiger charge is 2.24. The molecule has 1 aromatic rings. The molecule has 1 saturated carbocycles. The molecule has 148 valence electrons. The summed E-state index contributed by atoms with van der Waals surface area (Å²) in [6, 6.07) is 1.47. The quantitative estimate of drug-likeness (QED) is 0.606. The predicted molar refractivity (Wildman–Crippen MR) is 104 cm³/mol. The molecule has 7 heteroatoms. The Kier molecular flexibility index (Phi) is 6.88. The second kappa shape index (κ2) is 9.35. The van der Waals surface area contributed by atoms with E-state index in [-0.39, 0.29) is 6.04 Å². The Morgan fingerprint density at radius 3 is 2.70 bits per heavy atom. The van der Waals surface area contributed by atoms with Crippen LogP contribution in [0.25, 0.3) is 0 Å². The fourth-order valence-corrected chi connectivity index (χ4v) is 5.02. The number of nitrogens with one attached hydrogen (secondary N) is 2. The highest BCUT2D eigenvalue weighted by Crippen LogP contribution is 2.29. The lowest BCUT2D eigenvalue weighted by molar-refractivity contribution is -0.123. The number of ether oxygens (including phenoxy) is 1. The zero-order valence-electron chi connectivity index (χ0n) is 15.8. The summed E-state index contributed by atoms with van der Waals surface area (Å²) >= 11 is 1.46. The molecule has 0 saturated heterocycles. The average molecular weight is 393 g/mol. The van der Waals surface area contributed by atoms with Crippen molar-refractivity contribution in [2.75, 3.05) is 6.61 Å². The molecule has 0 bridgehead atoms. The molecule has 2 atom stereocenters. The summed E-state index contributed by atoms with van der Waals surface area (Å²) in [5, 5.41) is 5.10. The Hall–Kier alpha value is -1.89. The molecule has 2 unspecified atom stereocenters. The van der Waals surface area contributed by atoms with E-state index in [2.05, 4.69) is 17.6 Å². The Bertz CT molecular complexity index is 677. The third kappa shape index (κ3) is 5.54. The first-order valence-corrected chi connectivity index (χ1v) is 10.7. The maximum Gasteiger partial charge on any atom is 0.348 e. The second-order valence-corrected chi connectivity index (χ2v) is 8.72. The topological polar surface area (TPSA) is 84.5 Å². The van der Waals surface area contributed by atoms with Crippen molar-refractivity contribution in [2.24, 2.45) is 5.92 Å². The molecule has 0 radical (unpaired) electrons. The molecule has 3 rings (SSSR count). The fraction of sp³-hybridized carbons (Fsp3) is 0.650. The van der Waals surface area contributed by atoms with Gasteiger partial charge in [0, 0.05) is 10.9 Å². The SMILES string of the molecule is CC1CCCCC1NC(=O)NC(=O)COC(=O)c1cc2c(s1)CCCCC2. The van der Waals surface area contributed by atoms with E-state index in [0.717, 1.165) is 44.9 Å².